The second-order valence-electron chi connectivity index (χ2n) is 6.09. The van der Waals surface area contributed by atoms with E-state index >= 15 is 0 Å². The minimum absolute atomic E-state index is 0.0740. The van der Waals surface area contributed by atoms with Gasteiger partial charge in [0.15, 0.2) is 0 Å². The summed E-state index contributed by atoms with van der Waals surface area (Å²) in [7, 11) is -0.117. The molecule has 0 aliphatic rings. The summed E-state index contributed by atoms with van der Waals surface area (Å²) in [6.07, 6.45) is 2.76. The highest BCUT2D eigenvalue weighted by Gasteiger charge is 2.46. The standard InChI is InChI=1S/C13H26O5Si.C6H16O3SSi/c1-6-13(14)15-11-10-12(5)19(16-7-2,17-8-3)18-9-4;1-7-11(8-2,9-3)6-4-5-10/h6,12H,1,7-11H2,2-5H3;10H,4-6H2,1-3H3. The van der Waals surface area contributed by atoms with Gasteiger partial charge in [0.2, 0.25) is 0 Å². The molecule has 0 aliphatic heterocycles. The van der Waals surface area contributed by atoms with E-state index in [0.717, 1.165) is 24.3 Å². The first-order valence-corrected chi connectivity index (χ1v) is 14.6. The highest BCUT2D eigenvalue weighted by molar-refractivity contribution is 7.80. The lowest BCUT2D eigenvalue weighted by atomic mass is 10.3. The highest BCUT2D eigenvalue weighted by atomic mass is 32.1. The van der Waals surface area contributed by atoms with E-state index in [1.54, 1.807) is 21.3 Å². The van der Waals surface area contributed by atoms with E-state index in [9.17, 15) is 4.79 Å². The van der Waals surface area contributed by atoms with Crippen LogP contribution in [-0.2, 0) is 36.1 Å². The Kier molecular flexibility index (Phi) is 20.7. The van der Waals surface area contributed by atoms with Gasteiger partial charge in [0.05, 0.1) is 6.61 Å². The second kappa shape index (κ2) is 19.4. The van der Waals surface area contributed by atoms with Crippen molar-refractivity contribution < 1.29 is 36.1 Å². The number of ether oxygens (including phenoxy) is 1. The number of carbonyl (C=O) groups is 1. The molecule has 8 nitrogen and oxygen atoms in total. The molecule has 180 valence electrons. The van der Waals surface area contributed by atoms with Gasteiger partial charge in [-0.1, -0.05) is 13.5 Å². The summed E-state index contributed by atoms with van der Waals surface area (Å²) in [6.45, 7) is 13.1. The van der Waals surface area contributed by atoms with Gasteiger partial charge in [-0.25, -0.2) is 4.79 Å². The van der Waals surface area contributed by atoms with E-state index in [1.807, 2.05) is 27.7 Å². The molecule has 1 atom stereocenters. The van der Waals surface area contributed by atoms with Gasteiger partial charge in [0.1, 0.15) is 0 Å². The first-order chi connectivity index (χ1) is 14.3. The fourth-order valence-electron chi connectivity index (χ4n) is 2.58. The average Bonchev–Trinajstić information content (AvgIpc) is 2.75. The molecule has 1 unspecified atom stereocenters. The van der Waals surface area contributed by atoms with Crippen molar-refractivity contribution in [3.05, 3.63) is 12.7 Å². The Labute approximate surface area is 190 Å². The molecule has 0 N–H and O–H groups in total. The Hall–Kier alpha value is -0.246. The van der Waals surface area contributed by atoms with Crippen molar-refractivity contribution in [2.45, 2.75) is 52.1 Å². The maximum Gasteiger partial charge on any atom is 0.504 e. The third-order valence-electron chi connectivity index (χ3n) is 4.18. The van der Waals surface area contributed by atoms with Crippen LogP contribution in [0.2, 0.25) is 11.6 Å². The topological polar surface area (TPSA) is 81.7 Å². The highest BCUT2D eigenvalue weighted by Crippen LogP contribution is 2.28. The molecule has 0 aromatic heterocycles. The summed E-state index contributed by atoms with van der Waals surface area (Å²) in [5.41, 5.74) is 0.0740. The van der Waals surface area contributed by atoms with Crippen molar-refractivity contribution in [1.82, 2.24) is 0 Å². The Balaban J connectivity index is 0. The minimum Gasteiger partial charge on any atom is -0.463 e. The van der Waals surface area contributed by atoms with Crippen LogP contribution in [0, 0.1) is 0 Å². The molecule has 0 aliphatic carbocycles. The van der Waals surface area contributed by atoms with Crippen molar-refractivity contribution in [2.75, 3.05) is 53.5 Å². The predicted octanol–water partition coefficient (Wildman–Crippen LogP) is 3.73. The maximum atomic E-state index is 11.0. The summed E-state index contributed by atoms with van der Waals surface area (Å²) >= 11 is 4.10. The van der Waals surface area contributed by atoms with Gasteiger partial charge in [0.25, 0.3) is 0 Å². The molecular formula is C19H42O8SSi2. The molecule has 0 amide bonds. The van der Waals surface area contributed by atoms with Crippen molar-refractivity contribution in [1.29, 1.82) is 0 Å². The largest absolute Gasteiger partial charge is 0.504 e. The van der Waals surface area contributed by atoms with Crippen LogP contribution in [0.4, 0.5) is 0 Å². The van der Waals surface area contributed by atoms with E-state index in [-0.39, 0.29) is 5.54 Å². The summed E-state index contributed by atoms with van der Waals surface area (Å²) in [5, 5.41) is 0. The van der Waals surface area contributed by atoms with Gasteiger partial charge < -0.3 is 31.3 Å². The molecule has 0 spiro atoms. The Bertz CT molecular complexity index is 413. The molecular weight excluding hydrogens is 444 g/mol. The third kappa shape index (κ3) is 12.6. The smallest absolute Gasteiger partial charge is 0.463 e. The van der Waals surface area contributed by atoms with Gasteiger partial charge in [-0.2, -0.15) is 12.6 Å². The number of hydrogen-bond acceptors (Lipinski definition) is 9. The SMILES string of the molecule is C=CC(=O)OCCC(C)[Si](OCC)(OCC)OCC.CO[Si](CCCS)(OC)OC. The van der Waals surface area contributed by atoms with Gasteiger partial charge in [-0.15, -0.1) is 0 Å². The first-order valence-electron chi connectivity index (χ1n) is 10.3. The average molecular weight is 487 g/mol. The van der Waals surface area contributed by atoms with Crippen LogP contribution < -0.4 is 0 Å². The van der Waals surface area contributed by atoms with Crippen molar-refractivity contribution in [3.8, 4) is 0 Å². The zero-order valence-corrected chi connectivity index (χ0v) is 22.6. The van der Waals surface area contributed by atoms with Crippen LogP contribution in [0.1, 0.15) is 40.5 Å². The minimum atomic E-state index is -2.70. The zero-order valence-electron chi connectivity index (χ0n) is 19.7. The summed E-state index contributed by atoms with van der Waals surface area (Å²) in [4.78, 5) is 11.0. The Morgan fingerprint density at radius 3 is 1.80 bits per heavy atom. The monoisotopic (exact) mass is 486 g/mol. The second-order valence-corrected chi connectivity index (χ2v) is 12.7. The van der Waals surface area contributed by atoms with Crippen LogP contribution >= 0.6 is 12.6 Å². The van der Waals surface area contributed by atoms with Crippen LogP contribution in [-0.4, -0.2) is 77.1 Å². The van der Waals surface area contributed by atoms with E-state index in [1.165, 1.54) is 0 Å². The molecule has 0 saturated carbocycles. The molecule has 0 bridgehead atoms. The van der Waals surface area contributed by atoms with Crippen molar-refractivity contribution >= 4 is 36.2 Å². The number of thiol groups is 1. The molecule has 0 heterocycles. The number of esters is 1. The van der Waals surface area contributed by atoms with E-state index < -0.39 is 23.6 Å². The third-order valence-corrected chi connectivity index (χ3v) is 10.9. The van der Waals surface area contributed by atoms with E-state index in [4.69, 9.17) is 31.3 Å². The number of hydrogen-bond donors (Lipinski definition) is 1. The van der Waals surface area contributed by atoms with Crippen molar-refractivity contribution in [2.24, 2.45) is 0 Å². The predicted molar refractivity (Wildman–Crippen MR) is 126 cm³/mol. The summed E-state index contributed by atoms with van der Waals surface area (Å²) < 4.78 is 38.0. The lowest BCUT2D eigenvalue weighted by Crippen LogP contribution is -2.49. The Morgan fingerprint density at radius 1 is 1.00 bits per heavy atom. The molecule has 0 rings (SSSR count). The molecule has 0 aromatic carbocycles. The molecule has 0 fully saturated rings. The molecule has 0 saturated heterocycles. The number of rotatable bonds is 17. The summed E-state index contributed by atoms with van der Waals surface area (Å²) in [5.74, 6) is 0.425. The van der Waals surface area contributed by atoms with Gasteiger partial charge in [-0.05, 0) is 39.4 Å². The summed E-state index contributed by atoms with van der Waals surface area (Å²) in [6, 6.07) is 0.833. The van der Waals surface area contributed by atoms with Crippen LogP contribution in [0.3, 0.4) is 0 Å². The van der Waals surface area contributed by atoms with Crippen molar-refractivity contribution in [3.63, 3.8) is 0 Å². The van der Waals surface area contributed by atoms with Gasteiger partial charge in [-0.3, -0.25) is 0 Å². The van der Waals surface area contributed by atoms with Gasteiger partial charge >= 0.3 is 23.6 Å². The maximum absolute atomic E-state index is 11.0. The first kappa shape index (κ1) is 31.9. The van der Waals surface area contributed by atoms with Crippen LogP contribution in [0.15, 0.2) is 12.7 Å². The fraction of sp³-hybridized carbons (Fsp3) is 0.842. The molecule has 30 heavy (non-hydrogen) atoms. The van der Waals surface area contributed by atoms with Gasteiger partial charge in [0, 0.05) is 58.8 Å². The lowest BCUT2D eigenvalue weighted by Gasteiger charge is -2.33. The van der Waals surface area contributed by atoms with Crippen LogP contribution in [0.25, 0.3) is 0 Å². The van der Waals surface area contributed by atoms with Crippen LogP contribution in [0.5, 0.6) is 0 Å². The zero-order chi connectivity index (χ0) is 23.5. The van der Waals surface area contributed by atoms with E-state index in [2.05, 4.69) is 19.2 Å². The van der Waals surface area contributed by atoms with E-state index in [0.29, 0.717) is 32.8 Å². The normalized spacial score (nSPS) is 12.7. The lowest BCUT2D eigenvalue weighted by molar-refractivity contribution is -0.137. The Morgan fingerprint density at radius 2 is 1.47 bits per heavy atom. The molecule has 0 radical (unpaired) electrons. The molecule has 11 heteroatoms. The quantitative estimate of drug-likeness (QED) is 0.144. The fourth-order valence-corrected chi connectivity index (χ4v) is 7.54. The molecule has 0 aromatic rings. The number of carbonyl (C=O) groups excluding carboxylic acids is 1.